The van der Waals surface area contributed by atoms with E-state index in [4.69, 9.17) is 5.11 Å². The summed E-state index contributed by atoms with van der Waals surface area (Å²) in [5.41, 5.74) is -0.388. The van der Waals surface area contributed by atoms with Crippen molar-refractivity contribution in [3.05, 3.63) is 29.8 Å². The Hall–Kier alpha value is -2.29. The molecule has 1 fully saturated rings. The van der Waals surface area contributed by atoms with E-state index >= 15 is 0 Å². The van der Waals surface area contributed by atoms with Crippen LogP contribution in [0.15, 0.2) is 24.3 Å². The lowest BCUT2D eigenvalue weighted by molar-refractivity contribution is -0.153. The highest BCUT2D eigenvalue weighted by Gasteiger charge is 2.33. The van der Waals surface area contributed by atoms with Gasteiger partial charge in [0, 0.05) is 44.8 Å². The zero-order valence-corrected chi connectivity index (χ0v) is 14.3. The molecule has 1 aromatic carbocycles. The summed E-state index contributed by atoms with van der Waals surface area (Å²) in [6.07, 6.45) is -4.35. The number of aliphatic hydroxyl groups excluding tert-OH is 1. The molecule has 1 aliphatic heterocycles. The Balaban J connectivity index is 2.18. The highest BCUT2D eigenvalue weighted by Crippen LogP contribution is 2.32. The topological polar surface area (TPSA) is 70.1 Å². The first kappa shape index (κ1) is 20.0. The lowest BCUT2D eigenvalue weighted by Gasteiger charge is -2.29. The van der Waals surface area contributed by atoms with Crippen molar-refractivity contribution in [2.24, 2.45) is 0 Å². The zero-order chi connectivity index (χ0) is 19.3. The highest BCUT2D eigenvalue weighted by molar-refractivity contribution is 5.85. The van der Waals surface area contributed by atoms with Crippen LogP contribution in [0.4, 0.5) is 18.9 Å². The van der Waals surface area contributed by atoms with Gasteiger partial charge in [0.25, 0.3) is 0 Å². The third kappa shape index (κ3) is 4.66. The number of aliphatic hydroxyl groups is 1. The second-order valence-electron chi connectivity index (χ2n) is 5.92. The summed E-state index contributed by atoms with van der Waals surface area (Å²) in [7, 11) is 1.20. The SMILES string of the molecule is COC(=O)[C@H](CCO)N1CCN(c2cccc(C(F)(F)F)c2)CCC1=O. The largest absolute Gasteiger partial charge is 0.467 e. The Kier molecular flexibility index (Phi) is 6.47. The van der Waals surface area contributed by atoms with E-state index in [0.29, 0.717) is 5.69 Å². The number of carbonyl (C=O) groups excluding carboxylic acids is 2. The van der Waals surface area contributed by atoms with E-state index in [1.165, 1.54) is 18.1 Å². The van der Waals surface area contributed by atoms with Gasteiger partial charge in [-0.3, -0.25) is 4.79 Å². The molecule has 1 aliphatic rings. The molecular formula is C17H21F3N2O4. The van der Waals surface area contributed by atoms with Gasteiger partial charge in [-0.15, -0.1) is 0 Å². The molecule has 0 radical (unpaired) electrons. The number of anilines is 1. The molecule has 1 aromatic rings. The second kappa shape index (κ2) is 8.39. The highest BCUT2D eigenvalue weighted by atomic mass is 19.4. The molecule has 2 rings (SSSR count). The number of hydrogen-bond donors (Lipinski definition) is 1. The molecule has 0 aliphatic carbocycles. The minimum absolute atomic E-state index is 0.0436. The maximum atomic E-state index is 12.9. The van der Waals surface area contributed by atoms with E-state index < -0.39 is 23.8 Å². The molecule has 9 heteroatoms. The fourth-order valence-corrected chi connectivity index (χ4v) is 2.97. The lowest BCUT2D eigenvalue weighted by atomic mass is 10.1. The van der Waals surface area contributed by atoms with Gasteiger partial charge in [-0.2, -0.15) is 13.2 Å². The molecule has 26 heavy (non-hydrogen) atoms. The van der Waals surface area contributed by atoms with Crippen LogP contribution in [0.25, 0.3) is 0 Å². The van der Waals surface area contributed by atoms with Crippen LogP contribution in [-0.4, -0.2) is 61.3 Å². The summed E-state index contributed by atoms with van der Waals surface area (Å²) >= 11 is 0. The first-order valence-corrected chi connectivity index (χ1v) is 8.18. The summed E-state index contributed by atoms with van der Waals surface area (Å²) < 4.78 is 43.4. The molecule has 1 amide bonds. The van der Waals surface area contributed by atoms with Crippen molar-refractivity contribution in [2.45, 2.75) is 25.1 Å². The van der Waals surface area contributed by atoms with E-state index in [-0.39, 0.29) is 45.0 Å². The van der Waals surface area contributed by atoms with E-state index in [9.17, 15) is 22.8 Å². The van der Waals surface area contributed by atoms with E-state index in [2.05, 4.69) is 4.74 Å². The first-order valence-electron chi connectivity index (χ1n) is 8.18. The average molecular weight is 374 g/mol. The number of rotatable bonds is 5. The number of halogens is 3. The van der Waals surface area contributed by atoms with E-state index in [0.717, 1.165) is 12.1 Å². The Morgan fingerprint density at radius 1 is 1.31 bits per heavy atom. The predicted molar refractivity (Wildman–Crippen MR) is 87.5 cm³/mol. The minimum Gasteiger partial charge on any atom is -0.467 e. The van der Waals surface area contributed by atoms with E-state index in [1.807, 2.05) is 0 Å². The van der Waals surface area contributed by atoms with Crippen molar-refractivity contribution >= 4 is 17.6 Å². The van der Waals surface area contributed by atoms with Crippen LogP contribution >= 0.6 is 0 Å². The van der Waals surface area contributed by atoms with Crippen molar-refractivity contribution in [3.8, 4) is 0 Å². The van der Waals surface area contributed by atoms with Gasteiger partial charge in [0.15, 0.2) is 0 Å². The molecule has 0 unspecified atom stereocenters. The number of benzene rings is 1. The number of alkyl halides is 3. The molecule has 0 bridgehead atoms. The van der Waals surface area contributed by atoms with Crippen LogP contribution in [0.1, 0.15) is 18.4 Å². The number of nitrogens with zero attached hydrogens (tertiary/aromatic N) is 2. The van der Waals surface area contributed by atoms with Crippen LogP contribution < -0.4 is 4.90 Å². The monoisotopic (exact) mass is 374 g/mol. The molecule has 1 N–H and O–H groups in total. The molecule has 6 nitrogen and oxygen atoms in total. The van der Waals surface area contributed by atoms with Crippen molar-refractivity contribution in [2.75, 3.05) is 38.3 Å². The lowest BCUT2D eigenvalue weighted by Crippen LogP contribution is -2.47. The third-order valence-electron chi connectivity index (χ3n) is 4.32. The average Bonchev–Trinajstić information content (AvgIpc) is 2.80. The van der Waals surface area contributed by atoms with Gasteiger partial charge >= 0.3 is 12.1 Å². The molecular weight excluding hydrogens is 353 g/mol. The summed E-state index contributed by atoms with van der Waals surface area (Å²) in [6.45, 7) is 0.366. The van der Waals surface area contributed by atoms with Crippen LogP contribution in [0.3, 0.4) is 0 Å². The van der Waals surface area contributed by atoms with Crippen molar-refractivity contribution < 1.29 is 32.6 Å². The number of methoxy groups -OCH3 is 1. The zero-order valence-electron chi connectivity index (χ0n) is 14.3. The Bertz CT molecular complexity index is 651. The van der Waals surface area contributed by atoms with Gasteiger partial charge in [-0.05, 0) is 18.2 Å². The molecule has 1 atom stereocenters. The molecule has 1 heterocycles. The Morgan fingerprint density at radius 2 is 2.04 bits per heavy atom. The fraction of sp³-hybridized carbons (Fsp3) is 0.529. The first-order chi connectivity index (χ1) is 12.3. The van der Waals surface area contributed by atoms with Crippen LogP contribution in [0, 0.1) is 0 Å². The Labute approximate surface area is 149 Å². The van der Waals surface area contributed by atoms with Gasteiger partial charge in [0.1, 0.15) is 6.04 Å². The van der Waals surface area contributed by atoms with Crippen molar-refractivity contribution in [1.29, 1.82) is 0 Å². The maximum Gasteiger partial charge on any atom is 0.416 e. The Morgan fingerprint density at radius 3 is 2.65 bits per heavy atom. The summed E-state index contributed by atoms with van der Waals surface area (Å²) in [6, 6.07) is 4.02. The van der Waals surface area contributed by atoms with Crippen LogP contribution in [0.2, 0.25) is 0 Å². The van der Waals surface area contributed by atoms with Gasteiger partial charge in [-0.1, -0.05) is 6.07 Å². The van der Waals surface area contributed by atoms with Crippen molar-refractivity contribution in [3.63, 3.8) is 0 Å². The molecule has 0 saturated carbocycles. The smallest absolute Gasteiger partial charge is 0.416 e. The summed E-state index contributed by atoms with van der Waals surface area (Å²) in [5.74, 6) is -0.928. The summed E-state index contributed by atoms with van der Waals surface area (Å²) in [4.78, 5) is 27.3. The summed E-state index contributed by atoms with van der Waals surface area (Å²) in [5, 5.41) is 9.14. The normalized spacial score (nSPS) is 17.0. The molecule has 144 valence electrons. The quantitative estimate of drug-likeness (QED) is 0.794. The third-order valence-corrected chi connectivity index (χ3v) is 4.32. The number of hydrogen-bond acceptors (Lipinski definition) is 5. The second-order valence-corrected chi connectivity index (χ2v) is 5.92. The number of esters is 1. The molecule has 0 aromatic heterocycles. The number of carbonyl (C=O) groups is 2. The number of ether oxygens (including phenoxy) is 1. The standard InChI is InChI=1S/C17H21F3N2O4/c1-26-16(25)14(6-10-23)22-9-8-21(7-5-15(22)24)13-4-2-3-12(11-13)17(18,19)20/h2-4,11,14,23H,5-10H2,1H3/t14-/m0/s1. The minimum atomic E-state index is -4.44. The molecule has 1 saturated heterocycles. The molecule has 0 spiro atoms. The van der Waals surface area contributed by atoms with Gasteiger partial charge in [0.2, 0.25) is 5.91 Å². The van der Waals surface area contributed by atoms with Crippen molar-refractivity contribution in [1.82, 2.24) is 4.90 Å². The maximum absolute atomic E-state index is 12.9. The van der Waals surface area contributed by atoms with Gasteiger partial charge < -0.3 is 19.6 Å². The van der Waals surface area contributed by atoms with E-state index in [1.54, 1.807) is 11.0 Å². The fourth-order valence-electron chi connectivity index (χ4n) is 2.97. The van der Waals surface area contributed by atoms with Gasteiger partial charge in [-0.25, -0.2) is 4.79 Å². The van der Waals surface area contributed by atoms with Gasteiger partial charge in [0.05, 0.1) is 12.7 Å². The predicted octanol–water partition coefficient (Wildman–Crippen LogP) is 1.67. The van der Waals surface area contributed by atoms with Crippen LogP contribution in [-0.2, 0) is 20.5 Å². The van der Waals surface area contributed by atoms with Crippen LogP contribution in [0.5, 0.6) is 0 Å². The number of amides is 1.